The Morgan fingerprint density at radius 2 is 1.85 bits per heavy atom. The molecule has 112 valence electrons. The van der Waals surface area contributed by atoms with Crippen molar-refractivity contribution in [2.75, 3.05) is 13.1 Å². The van der Waals surface area contributed by atoms with Crippen molar-refractivity contribution in [2.24, 2.45) is 5.92 Å². The maximum atomic E-state index is 12.5. The van der Waals surface area contributed by atoms with E-state index in [-0.39, 0.29) is 12.5 Å². The number of hydrogen-bond acceptors (Lipinski definition) is 3. The highest BCUT2D eigenvalue weighted by Gasteiger charge is 2.32. The zero-order valence-corrected chi connectivity index (χ0v) is 13.1. The smallest absolute Gasteiger partial charge is 0.243 e. The van der Waals surface area contributed by atoms with E-state index in [1.165, 1.54) is 4.31 Å². The van der Waals surface area contributed by atoms with Crippen LogP contribution in [0.1, 0.15) is 38.7 Å². The zero-order valence-electron chi connectivity index (χ0n) is 12.3. The molecular formula is C15H23NO3S. The Bertz CT molecular complexity index is 551. The van der Waals surface area contributed by atoms with Gasteiger partial charge in [0.1, 0.15) is 0 Å². The van der Waals surface area contributed by atoms with Gasteiger partial charge in [-0.3, -0.25) is 0 Å². The molecule has 1 fully saturated rings. The number of benzene rings is 1. The molecule has 1 N–H and O–H groups in total. The normalized spacial score (nSPS) is 25.1. The highest BCUT2D eigenvalue weighted by Crippen LogP contribution is 2.25. The monoisotopic (exact) mass is 297 g/mol. The van der Waals surface area contributed by atoms with Gasteiger partial charge in [-0.25, -0.2) is 8.42 Å². The molecule has 0 saturated carbocycles. The van der Waals surface area contributed by atoms with Crippen molar-refractivity contribution in [2.45, 2.75) is 44.1 Å². The van der Waals surface area contributed by atoms with Gasteiger partial charge in [0.05, 0.1) is 11.0 Å². The van der Waals surface area contributed by atoms with Gasteiger partial charge in [-0.2, -0.15) is 4.31 Å². The summed E-state index contributed by atoms with van der Waals surface area (Å²) in [5.41, 5.74) is 1.12. The number of aliphatic hydroxyl groups is 1. The summed E-state index contributed by atoms with van der Waals surface area (Å²) in [5, 5.41) is 9.87. The number of β-amino-alcohol motifs (C(OH)–C–C–N with tert-alkyl or cyclic N) is 1. The van der Waals surface area contributed by atoms with Crippen LogP contribution in [-0.4, -0.2) is 37.0 Å². The maximum absolute atomic E-state index is 12.5. The van der Waals surface area contributed by atoms with Crippen LogP contribution in [0.15, 0.2) is 29.2 Å². The van der Waals surface area contributed by atoms with Gasteiger partial charge in [-0.1, -0.05) is 32.9 Å². The molecule has 1 saturated heterocycles. The van der Waals surface area contributed by atoms with Gasteiger partial charge in [0.15, 0.2) is 0 Å². The maximum Gasteiger partial charge on any atom is 0.243 e. The summed E-state index contributed by atoms with van der Waals surface area (Å²) >= 11 is 0. The molecule has 1 heterocycles. The van der Waals surface area contributed by atoms with E-state index in [1.54, 1.807) is 12.1 Å². The van der Waals surface area contributed by atoms with Crippen molar-refractivity contribution < 1.29 is 13.5 Å². The first kappa shape index (κ1) is 15.5. The lowest BCUT2D eigenvalue weighted by Crippen LogP contribution is -2.45. The lowest BCUT2D eigenvalue weighted by Gasteiger charge is -2.33. The predicted molar refractivity (Wildman–Crippen MR) is 79.1 cm³/mol. The van der Waals surface area contributed by atoms with Crippen molar-refractivity contribution >= 4 is 10.0 Å². The van der Waals surface area contributed by atoms with E-state index in [2.05, 4.69) is 13.8 Å². The van der Waals surface area contributed by atoms with Gasteiger partial charge in [0.2, 0.25) is 10.0 Å². The molecule has 0 bridgehead atoms. The molecule has 0 amide bonds. The summed E-state index contributed by atoms with van der Waals surface area (Å²) < 4.78 is 26.5. The molecule has 1 aliphatic heterocycles. The number of nitrogens with zero attached hydrogens (tertiary/aromatic N) is 1. The second-order valence-electron chi connectivity index (χ2n) is 5.92. The van der Waals surface area contributed by atoms with Crippen LogP contribution in [0.5, 0.6) is 0 Å². The molecule has 1 aromatic rings. The Morgan fingerprint density at radius 3 is 2.35 bits per heavy atom. The summed E-state index contributed by atoms with van der Waals surface area (Å²) in [4.78, 5) is 0.309. The first-order valence-corrected chi connectivity index (χ1v) is 8.54. The van der Waals surface area contributed by atoms with E-state index in [1.807, 2.05) is 19.1 Å². The summed E-state index contributed by atoms with van der Waals surface area (Å²) in [6, 6.07) is 7.05. The fourth-order valence-corrected chi connectivity index (χ4v) is 3.88. The third-order valence-corrected chi connectivity index (χ3v) is 5.95. The average molecular weight is 297 g/mol. The molecule has 2 unspecified atom stereocenters. The van der Waals surface area contributed by atoms with E-state index in [0.717, 1.165) is 5.56 Å². The Kier molecular flexibility index (Phi) is 4.52. The molecule has 2 rings (SSSR count). The Labute approximate surface area is 121 Å². The minimum atomic E-state index is -3.49. The molecule has 1 aromatic carbocycles. The van der Waals surface area contributed by atoms with Gasteiger partial charge in [-0.05, 0) is 36.0 Å². The number of piperidine rings is 1. The van der Waals surface area contributed by atoms with Crippen LogP contribution in [-0.2, 0) is 10.0 Å². The quantitative estimate of drug-likeness (QED) is 0.930. The number of sulfonamides is 1. The highest BCUT2D eigenvalue weighted by molar-refractivity contribution is 7.89. The number of rotatable bonds is 3. The number of hydrogen-bond donors (Lipinski definition) is 1. The summed E-state index contributed by atoms with van der Waals surface area (Å²) in [6.07, 6.45) is 0.123. The first-order chi connectivity index (χ1) is 9.32. The number of aliphatic hydroxyl groups excluding tert-OH is 1. The van der Waals surface area contributed by atoms with E-state index < -0.39 is 16.1 Å². The molecule has 4 nitrogen and oxygen atoms in total. The van der Waals surface area contributed by atoms with Crippen LogP contribution in [0.2, 0.25) is 0 Å². The molecule has 5 heteroatoms. The van der Waals surface area contributed by atoms with Crippen molar-refractivity contribution in [3.63, 3.8) is 0 Å². The SMILES string of the molecule is CC(C)c1ccc(S(=O)(=O)N2CCC(C)C(O)C2)cc1. The largest absolute Gasteiger partial charge is 0.391 e. The van der Waals surface area contributed by atoms with Crippen molar-refractivity contribution in [3.8, 4) is 0 Å². The second-order valence-corrected chi connectivity index (χ2v) is 7.86. The minimum absolute atomic E-state index is 0.157. The molecule has 0 spiro atoms. The molecule has 0 radical (unpaired) electrons. The molecule has 1 aliphatic rings. The third kappa shape index (κ3) is 3.05. The lowest BCUT2D eigenvalue weighted by atomic mass is 9.98. The Balaban J connectivity index is 2.22. The third-order valence-electron chi connectivity index (χ3n) is 4.07. The first-order valence-electron chi connectivity index (χ1n) is 7.10. The Hall–Kier alpha value is -0.910. The average Bonchev–Trinajstić information content (AvgIpc) is 2.41. The van der Waals surface area contributed by atoms with E-state index >= 15 is 0 Å². The van der Waals surface area contributed by atoms with Crippen LogP contribution in [0.25, 0.3) is 0 Å². The Morgan fingerprint density at radius 1 is 1.25 bits per heavy atom. The zero-order chi connectivity index (χ0) is 14.9. The van der Waals surface area contributed by atoms with Crippen LogP contribution in [0, 0.1) is 5.92 Å². The fraction of sp³-hybridized carbons (Fsp3) is 0.600. The van der Waals surface area contributed by atoms with Gasteiger partial charge in [-0.15, -0.1) is 0 Å². The van der Waals surface area contributed by atoms with Crippen molar-refractivity contribution in [3.05, 3.63) is 29.8 Å². The predicted octanol–water partition coefficient (Wildman–Crippen LogP) is 2.20. The molecule has 0 aliphatic carbocycles. The lowest BCUT2D eigenvalue weighted by molar-refractivity contribution is 0.0605. The van der Waals surface area contributed by atoms with Crippen LogP contribution in [0.3, 0.4) is 0 Å². The van der Waals surface area contributed by atoms with Crippen molar-refractivity contribution in [1.29, 1.82) is 0 Å². The van der Waals surface area contributed by atoms with E-state index in [4.69, 9.17) is 0 Å². The molecule has 2 atom stereocenters. The second kappa shape index (κ2) is 5.84. The molecule has 0 aromatic heterocycles. The van der Waals surface area contributed by atoms with Crippen LogP contribution < -0.4 is 0 Å². The topological polar surface area (TPSA) is 57.6 Å². The minimum Gasteiger partial charge on any atom is -0.391 e. The summed E-state index contributed by atoms with van der Waals surface area (Å²) in [5.74, 6) is 0.536. The van der Waals surface area contributed by atoms with Gasteiger partial charge in [0, 0.05) is 13.1 Å². The fourth-order valence-electron chi connectivity index (χ4n) is 2.41. The van der Waals surface area contributed by atoms with Gasteiger partial charge < -0.3 is 5.11 Å². The van der Waals surface area contributed by atoms with Gasteiger partial charge in [0.25, 0.3) is 0 Å². The highest BCUT2D eigenvalue weighted by atomic mass is 32.2. The van der Waals surface area contributed by atoms with Crippen LogP contribution >= 0.6 is 0 Å². The van der Waals surface area contributed by atoms with E-state index in [0.29, 0.717) is 23.8 Å². The van der Waals surface area contributed by atoms with Crippen LogP contribution in [0.4, 0.5) is 0 Å². The van der Waals surface area contributed by atoms with E-state index in [9.17, 15) is 13.5 Å². The van der Waals surface area contributed by atoms with Gasteiger partial charge >= 0.3 is 0 Å². The standard InChI is InChI=1S/C15H23NO3S/c1-11(2)13-4-6-14(7-5-13)20(18,19)16-9-8-12(3)15(17)10-16/h4-7,11-12,15,17H,8-10H2,1-3H3. The van der Waals surface area contributed by atoms with Crippen molar-refractivity contribution in [1.82, 2.24) is 4.31 Å². The molecule has 20 heavy (non-hydrogen) atoms. The molecular weight excluding hydrogens is 274 g/mol. The summed E-state index contributed by atoms with van der Waals surface area (Å²) in [7, 11) is -3.49. The summed E-state index contributed by atoms with van der Waals surface area (Å²) in [6.45, 7) is 6.77.